The highest BCUT2D eigenvalue weighted by atomic mass is 31.2. The van der Waals surface area contributed by atoms with Gasteiger partial charge in [-0.15, -0.1) is 0 Å². The molecule has 46 heavy (non-hydrogen) atoms. The van der Waals surface area contributed by atoms with E-state index in [1.54, 1.807) is 0 Å². The van der Waals surface area contributed by atoms with Gasteiger partial charge >= 0.3 is 0 Å². The minimum absolute atomic E-state index is 0.225. The monoisotopic (exact) mass is 610 g/mol. The van der Waals surface area contributed by atoms with Crippen molar-refractivity contribution in [1.29, 1.82) is 0 Å². The number of allylic oxidation sites excluding steroid dienone is 2. The lowest BCUT2D eigenvalue weighted by atomic mass is 9.91. The molecule has 7 aromatic rings. The summed E-state index contributed by atoms with van der Waals surface area (Å²) >= 11 is 0. The molecule has 6 aromatic carbocycles. The first-order valence-electron chi connectivity index (χ1n) is 15.8. The number of hydrogen-bond acceptors (Lipinski definition) is 2. The van der Waals surface area contributed by atoms with E-state index in [-0.39, 0.29) is 6.04 Å². The molecule has 4 heteroatoms. The summed E-state index contributed by atoms with van der Waals surface area (Å²) in [6.45, 7) is 0. The lowest BCUT2D eigenvalue weighted by Gasteiger charge is -2.29. The van der Waals surface area contributed by atoms with Crippen LogP contribution in [0.3, 0.4) is 0 Å². The Kier molecular flexibility index (Phi) is 6.23. The molecule has 3 unspecified atom stereocenters. The normalized spacial score (nSPS) is 18.0. The summed E-state index contributed by atoms with van der Waals surface area (Å²) in [7, 11) is -3.17. The minimum Gasteiger partial charge on any atom is -0.333 e. The standard InChI is InChI=1S/C42H31N2OP/c45-46(32-12-2-1-3-13-32,33-26-22-30(23-27-33)43-39-18-8-4-14-35(39)36-15-5-9-19-40(36)43)34-28-24-31(25-29-34)44-41-20-10-6-16-37(41)38-17-7-11-21-42(38)44/h1-29,35,39H. The van der Waals surface area contributed by atoms with E-state index < -0.39 is 7.14 Å². The molecule has 0 bridgehead atoms. The summed E-state index contributed by atoms with van der Waals surface area (Å²) in [6, 6.07) is 52.6. The van der Waals surface area contributed by atoms with Crippen molar-refractivity contribution < 1.29 is 4.57 Å². The zero-order chi connectivity index (χ0) is 30.7. The van der Waals surface area contributed by atoms with Crippen molar-refractivity contribution in [2.75, 3.05) is 4.90 Å². The minimum atomic E-state index is -3.17. The molecule has 2 heterocycles. The first kappa shape index (κ1) is 27.0. The third-order valence-electron chi connectivity index (χ3n) is 9.62. The lowest BCUT2D eigenvalue weighted by molar-refractivity contribution is 0.592. The number of fused-ring (bicyclic) bond motifs is 6. The quantitative estimate of drug-likeness (QED) is 0.182. The zero-order valence-electron chi connectivity index (χ0n) is 25.1. The molecule has 1 aromatic heterocycles. The van der Waals surface area contributed by atoms with Crippen LogP contribution >= 0.6 is 7.14 Å². The van der Waals surface area contributed by atoms with Gasteiger partial charge in [0.05, 0.1) is 17.1 Å². The van der Waals surface area contributed by atoms with Gasteiger partial charge in [0.1, 0.15) is 0 Å². The van der Waals surface area contributed by atoms with Crippen molar-refractivity contribution in [3.05, 3.63) is 182 Å². The van der Waals surface area contributed by atoms with Crippen LogP contribution in [-0.4, -0.2) is 10.6 Å². The Balaban J connectivity index is 1.14. The topological polar surface area (TPSA) is 25.2 Å². The summed E-state index contributed by atoms with van der Waals surface area (Å²) in [4.78, 5) is 2.41. The largest absolute Gasteiger partial charge is 0.333 e. The average molecular weight is 611 g/mol. The predicted octanol–water partition coefficient (Wildman–Crippen LogP) is 9.15. The molecule has 2 aliphatic rings. The van der Waals surface area contributed by atoms with E-state index >= 15 is 4.57 Å². The van der Waals surface area contributed by atoms with Crippen molar-refractivity contribution in [2.45, 2.75) is 12.0 Å². The summed E-state index contributed by atoms with van der Waals surface area (Å²) in [5, 5.41) is 4.94. The third kappa shape index (κ3) is 4.02. The molecule has 1 aliphatic heterocycles. The summed E-state index contributed by atoms with van der Waals surface area (Å²) in [5.74, 6) is 0.323. The van der Waals surface area contributed by atoms with Crippen molar-refractivity contribution in [3.63, 3.8) is 0 Å². The molecule has 3 atom stereocenters. The number of rotatable bonds is 5. The number of nitrogens with zero attached hydrogens (tertiary/aromatic N) is 2. The van der Waals surface area contributed by atoms with Gasteiger partial charge in [0, 0.05) is 49.7 Å². The summed E-state index contributed by atoms with van der Waals surface area (Å²) in [6.07, 6.45) is 8.87. The van der Waals surface area contributed by atoms with Crippen LogP contribution in [0.25, 0.3) is 27.5 Å². The van der Waals surface area contributed by atoms with Gasteiger partial charge in [0.2, 0.25) is 0 Å². The molecule has 3 nitrogen and oxygen atoms in total. The van der Waals surface area contributed by atoms with Gasteiger partial charge < -0.3 is 14.0 Å². The molecule has 9 rings (SSSR count). The molecule has 0 amide bonds. The number of para-hydroxylation sites is 3. The van der Waals surface area contributed by atoms with Gasteiger partial charge in [-0.25, -0.2) is 0 Å². The van der Waals surface area contributed by atoms with Crippen LogP contribution < -0.4 is 20.8 Å². The Morgan fingerprint density at radius 2 is 1.00 bits per heavy atom. The van der Waals surface area contributed by atoms with E-state index in [1.165, 1.54) is 22.0 Å². The van der Waals surface area contributed by atoms with Gasteiger partial charge in [-0.05, 0) is 72.3 Å². The van der Waals surface area contributed by atoms with Crippen molar-refractivity contribution in [2.24, 2.45) is 0 Å². The predicted molar refractivity (Wildman–Crippen MR) is 194 cm³/mol. The van der Waals surface area contributed by atoms with Crippen LogP contribution in [0, 0.1) is 0 Å². The maximum absolute atomic E-state index is 15.5. The van der Waals surface area contributed by atoms with Crippen molar-refractivity contribution >= 4 is 56.2 Å². The number of anilines is 2. The molecule has 0 fully saturated rings. The van der Waals surface area contributed by atoms with E-state index in [2.05, 4.69) is 155 Å². The van der Waals surface area contributed by atoms with Crippen LogP contribution in [0.15, 0.2) is 176 Å². The molecular formula is C42H31N2OP. The fourth-order valence-electron chi connectivity index (χ4n) is 7.51. The highest BCUT2D eigenvalue weighted by molar-refractivity contribution is 7.85. The second-order valence-electron chi connectivity index (χ2n) is 12.1. The molecule has 0 saturated carbocycles. The summed E-state index contributed by atoms with van der Waals surface area (Å²) < 4.78 is 17.8. The highest BCUT2D eigenvalue weighted by Crippen LogP contribution is 2.48. The Labute approximate surface area is 268 Å². The fraction of sp³-hybridized carbons (Fsp3) is 0.0476. The molecule has 1 aliphatic carbocycles. The molecule has 0 N–H and O–H groups in total. The second-order valence-corrected chi connectivity index (χ2v) is 14.8. The Morgan fingerprint density at radius 3 is 1.67 bits per heavy atom. The molecule has 220 valence electrons. The fourth-order valence-corrected chi connectivity index (χ4v) is 10.1. The molecule has 0 saturated heterocycles. The number of aromatic nitrogens is 1. The van der Waals surface area contributed by atoms with Gasteiger partial charge in [-0.1, -0.05) is 109 Å². The van der Waals surface area contributed by atoms with E-state index in [0.29, 0.717) is 5.92 Å². The second kappa shape index (κ2) is 10.6. The summed E-state index contributed by atoms with van der Waals surface area (Å²) in [5.41, 5.74) is 7.04. The Morgan fingerprint density at radius 1 is 0.478 bits per heavy atom. The van der Waals surface area contributed by atoms with Crippen molar-refractivity contribution in [1.82, 2.24) is 4.57 Å². The Hall–Kier alpha value is -5.37. The average Bonchev–Trinajstić information content (AvgIpc) is 3.65. The van der Waals surface area contributed by atoms with Gasteiger partial charge in [0.25, 0.3) is 0 Å². The zero-order valence-corrected chi connectivity index (χ0v) is 26.0. The molecule has 0 radical (unpaired) electrons. The third-order valence-corrected chi connectivity index (χ3v) is 12.7. The first-order chi connectivity index (χ1) is 22.7. The van der Waals surface area contributed by atoms with Crippen LogP contribution in [-0.2, 0) is 4.57 Å². The van der Waals surface area contributed by atoms with Crippen LogP contribution in [0.1, 0.15) is 11.5 Å². The van der Waals surface area contributed by atoms with Gasteiger partial charge in [-0.2, -0.15) is 0 Å². The highest BCUT2D eigenvalue weighted by Gasteiger charge is 2.37. The van der Waals surface area contributed by atoms with E-state index in [0.717, 1.165) is 38.3 Å². The first-order valence-corrected chi connectivity index (χ1v) is 17.5. The van der Waals surface area contributed by atoms with Gasteiger partial charge in [-0.3, -0.25) is 0 Å². The number of benzene rings is 6. The Bertz CT molecular complexity index is 2300. The van der Waals surface area contributed by atoms with E-state index in [4.69, 9.17) is 0 Å². The van der Waals surface area contributed by atoms with Crippen molar-refractivity contribution in [3.8, 4) is 5.69 Å². The van der Waals surface area contributed by atoms with Crippen LogP contribution in [0.4, 0.5) is 11.4 Å². The lowest BCUT2D eigenvalue weighted by Crippen LogP contribution is -2.29. The van der Waals surface area contributed by atoms with E-state index in [1.807, 2.05) is 30.3 Å². The van der Waals surface area contributed by atoms with Crippen LogP contribution in [0.5, 0.6) is 0 Å². The van der Waals surface area contributed by atoms with Gasteiger partial charge in [0.15, 0.2) is 7.14 Å². The van der Waals surface area contributed by atoms with E-state index in [9.17, 15) is 0 Å². The number of hydrogen-bond donors (Lipinski definition) is 0. The smallest absolute Gasteiger partial charge is 0.171 e. The maximum atomic E-state index is 15.5. The van der Waals surface area contributed by atoms with Crippen LogP contribution in [0.2, 0.25) is 0 Å². The molecule has 0 spiro atoms. The SMILES string of the molecule is O=P(c1ccccc1)(c1ccc(N2c3ccccc3C3C=CC=CC32)cc1)c1ccc(-n2c3ccccc3c3ccccc32)cc1. The maximum Gasteiger partial charge on any atom is 0.171 e. The molecular weight excluding hydrogens is 579 g/mol.